The molecule has 8 nitrogen and oxygen atoms in total. The topological polar surface area (TPSA) is 107 Å². The number of carbonyl (C=O) groups is 3. The molecule has 2 aromatic heterocycles. The number of aromatic amines is 1. The van der Waals surface area contributed by atoms with Crippen LogP contribution < -0.4 is 10.6 Å². The van der Waals surface area contributed by atoms with Crippen LogP contribution in [0.4, 0.5) is 21.6 Å². The van der Waals surface area contributed by atoms with Crippen LogP contribution in [-0.4, -0.2) is 51.7 Å². The van der Waals surface area contributed by atoms with Crippen LogP contribution in [0.25, 0.3) is 11.3 Å². The average Bonchev–Trinajstić information content (AvgIpc) is 3.21. The van der Waals surface area contributed by atoms with Crippen molar-refractivity contribution < 1.29 is 18.8 Å². The van der Waals surface area contributed by atoms with Gasteiger partial charge in [-0.05, 0) is 51.5 Å². The molecule has 9 heteroatoms. The Bertz CT molecular complexity index is 1360. The maximum Gasteiger partial charge on any atom is 0.262 e. The molecule has 0 fully saturated rings. The minimum atomic E-state index is -2.07. The summed E-state index contributed by atoms with van der Waals surface area (Å²) in [5.41, 5.74) is 0.871. The lowest BCUT2D eigenvalue weighted by Crippen LogP contribution is -2.45. The molecule has 4 rings (SSSR count). The standard InChI is InChI=1S/C29H34FN5O3/c1-6-14-35(5)27(38)29(4)16-20-23(21(36)17-29)25(32-19-10-8-7-9-11-19)24(33-20)18-12-13-31-22(15-18)34-26(37)28(2,3)30/h7-13,15,32-33H,6,14,16-17H2,1-5H3,(H,31,34,37). The van der Waals surface area contributed by atoms with E-state index in [0.29, 0.717) is 41.2 Å². The lowest BCUT2D eigenvalue weighted by molar-refractivity contribution is -0.140. The van der Waals surface area contributed by atoms with Crippen molar-refractivity contribution in [3.8, 4) is 11.3 Å². The van der Waals surface area contributed by atoms with E-state index in [1.807, 2.05) is 44.2 Å². The van der Waals surface area contributed by atoms with Crippen molar-refractivity contribution in [3.05, 3.63) is 59.9 Å². The molecule has 2 amide bonds. The van der Waals surface area contributed by atoms with Crippen molar-refractivity contribution in [2.75, 3.05) is 24.2 Å². The van der Waals surface area contributed by atoms with Crippen LogP contribution in [0.5, 0.6) is 0 Å². The van der Waals surface area contributed by atoms with Gasteiger partial charge in [0.2, 0.25) is 5.91 Å². The van der Waals surface area contributed by atoms with E-state index in [-0.39, 0.29) is 23.9 Å². The van der Waals surface area contributed by atoms with E-state index in [2.05, 4.69) is 20.6 Å². The van der Waals surface area contributed by atoms with Gasteiger partial charge in [0.15, 0.2) is 11.5 Å². The van der Waals surface area contributed by atoms with Crippen LogP contribution in [0.1, 0.15) is 56.6 Å². The second-order valence-electron chi connectivity index (χ2n) is 10.6. The fourth-order valence-corrected chi connectivity index (χ4v) is 4.86. The first-order valence-corrected chi connectivity index (χ1v) is 12.8. The van der Waals surface area contributed by atoms with Crippen molar-refractivity contribution in [1.82, 2.24) is 14.9 Å². The molecule has 0 bridgehead atoms. The Morgan fingerprint density at radius 1 is 1.18 bits per heavy atom. The summed E-state index contributed by atoms with van der Waals surface area (Å²) in [4.78, 5) is 48.4. The predicted octanol–water partition coefficient (Wildman–Crippen LogP) is 5.51. The van der Waals surface area contributed by atoms with Crippen molar-refractivity contribution in [2.45, 2.75) is 52.6 Å². The second-order valence-corrected chi connectivity index (χ2v) is 10.6. The number of amides is 2. The van der Waals surface area contributed by atoms with Gasteiger partial charge in [0.25, 0.3) is 5.91 Å². The molecule has 0 saturated carbocycles. The zero-order valence-corrected chi connectivity index (χ0v) is 22.4. The molecule has 3 N–H and O–H groups in total. The molecule has 0 saturated heterocycles. The molecular formula is C29H34FN5O3. The molecule has 0 spiro atoms. The Balaban J connectivity index is 1.79. The third kappa shape index (κ3) is 5.46. The van der Waals surface area contributed by atoms with Crippen molar-refractivity contribution in [1.29, 1.82) is 0 Å². The summed E-state index contributed by atoms with van der Waals surface area (Å²) in [6.07, 6.45) is 2.80. The summed E-state index contributed by atoms with van der Waals surface area (Å²) >= 11 is 0. The number of alkyl halides is 1. The summed E-state index contributed by atoms with van der Waals surface area (Å²) in [5.74, 6) is -0.815. The maximum atomic E-state index is 14.1. The number of para-hydroxylation sites is 1. The highest BCUT2D eigenvalue weighted by molar-refractivity contribution is 6.10. The average molecular weight is 520 g/mol. The number of carbonyl (C=O) groups excluding carboxylic acids is 3. The van der Waals surface area contributed by atoms with Gasteiger partial charge in [0.1, 0.15) is 5.82 Å². The first-order chi connectivity index (χ1) is 17.9. The fraction of sp³-hybridized carbons (Fsp3) is 0.379. The lowest BCUT2D eigenvalue weighted by Gasteiger charge is -2.35. The number of hydrogen-bond acceptors (Lipinski definition) is 5. The molecule has 200 valence electrons. The number of ketones is 1. The molecular weight excluding hydrogens is 485 g/mol. The van der Waals surface area contributed by atoms with Gasteiger partial charge in [-0.2, -0.15) is 0 Å². The van der Waals surface area contributed by atoms with Crippen LogP contribution in [0.2, 0.25) is 0 Å². The Labute approximate surface area is 222 Å². The molecule has 1 aliphatic carbocycles. The van der Waals surface area contributed by atoms with E-state index in [4.69, 9.17) is 0 Å². The predicted molar refractivity (Wildman–Crippen MR) is 146 cm³/mol. The van der Waals surface area contributed by atoms with Gasteiger partial charge in [0.05, 0.1) is 22.4 Å². The van der Waals surface area contributed by atoms with Crippen molar-refractivity contribution in [2.24, 2.45) is 5.41 Å². The number of pyridine rings is 1. The number of Topliss-reactive ketones (excluding diaryl/α,β-unsaturated/α-hetero) is 1. The van der Waals surface area contributed by atoms with Gasteiger partial charge < -0.3 is 20.5 Å². The SMILES string of the molecule is CCCN(C)C(=O)C1(C)CC(=O)c2c([nH]c(-c3ccnc(NC(=O)C(C)(C)F)c3)c2Nc2ccccc2)C1. The van der Waals surface area contributed by atoms with E-state index < -0.39 is 17.0 Å². The Hall–Kier alpha value is -4.01. The highest BCUT2D eigenvalue weighted by atomic mass is 19.1. The number of nitrogens with one attached hydrogen (secondary N) is 3. The molecule has 0 radical (unpaired) electrons. The van der Waals surface area contributed by atoms with Crippen molar-refractivity contribution >= 4 is 34.8 Å². The molecule has 38 heavy (non-hydrogen) atoms. The van der Waals surface area contributed by atoms with Gasteiger partial charge >= 0.3 is 0 Å². The Morgan fingerprint density at radius 3 is 2.55 bits per heavy atom. The maximum absolute atomic E-state index is 14.1. The summed E-state index contributed by atoms with van der Waals surface area (Å²) in [6.45, 7) is 6.82. The smallest absolute Gasteiger partial charge is 0.262 e. The number of aromatic nitrogens is 2. The van der Waals surface area contributed by atoms with Crippen LogP contribution in [0.15, 0.2) is 48.7 Å². The number of rotatable bonds is 8. The highest BCUT2D eigenvalue weighted by Crippen LogP contribution is 2.44. The quantitative estimate of drug-likeness (QED) is 0.364. The van der Waals surface area contributed by atoms with E-state index in [1.54, 1.807) is 24.1 Å². The third-order valence-electron chi connectivity index (χ3n) is 6.77. The summed E-state index contributed by atoms with van der Waals surface area (Å²) in [7, 11) is 1.77. The molecule has 1 aliphatic rings. The lowest BCUT2D eigenvalue weighted by atomic mass is 9.73. The number of halogens is 1. The fourth-order valence-electron chi connectivity index (χ4n) is 4.86. The van der Waals surface area contributed by atoms with Crippen LogP contribution in [0, 0.1) is 5.41 Å². The van der Waals surface area contributed by atoms with Crippen LogP contribution >= 0.6 is 0 Å². The van der Waals surface area contributed by atoms with Crippen molar-refractivity contribution in [3.63, 3.8) is 0 Å². The van der Waals surface area contributed by atoms with E-state index in [9.17, 15) is 18.8 Å². The summed E-state index contributed by atoms with van der Waals surface area (Å²) < 4.78 is 14.1. The first-order valence-electron chi connectivity index (χ1n) is 12.8. The zero-order valence-electron chi connectivity index (χ0n) is 22.4. The largest absolute Gasteiger partial charge is 0.356 e. The van der Waals surface area contributed by atoms with Gasteiger partial charge in [-0.1, -0.05) is 25.1 Å². The van der Waals surface area contributed by atoms with Crippen LogP contribution in [0.3, 0.4) is 0 Å². The first kappa shape index (κ1) is 27.0. The minimum absolute atomic E-state index is 0.0604. The molecule has 0 aliphatic heterocycles. The second kappa shape index (κ2) is 10.4. The zero-order chi connectivity index (χ0) is 27.7. The third-order valence-corrected chi connectivity index (χ3v) is 6.77. The highest BCUT2D eigenvalue weighted by Gasteiger charge is 2.44. The number of hydrogen-bond donors (Lipinski definition) is 3. The molecule has 1 atom stereocenters. The van der Waals surface area contributed by atoms with Gasteiger partial charge in [-0.25, -0.2) is 9.37 Å². The summed E-state index contributed by atoms with van der Waals surface area (Å²) in [6, 6.07) is 12.8. The molecule has 1 unspecified atom stereocenters. The number of fused-ring (bicyclic) bond motifs is 1. The molecule has 2 heterocycles. The Kier molecular flexibility index (Phi) is 7.40. The Morgan fingerprint density at radius 2 is 1.89 bits per heavy atom. The minimum Gasteiger partial charge on any atom is -0.356 e. The van der Waals surface area contributed by atoms with Gasteiger partial charge in [-0.15, -0.1) is 0 Å². The molecule has 3 aromatic rings. The van der Waals surface area contributed by atoms with Gasteiger partial charge in [0, 0.05) is 49.6 Å². The van der Waals surface area contributed by atoms with Gasteiger partial charge in [-0.3, -0.25) is 14.4 Å². The number of H-pyrrole nitrogens is 1. The van der Waals surface area contributed by atoms with E-state index in [1.165, 1.54) is 20.0 Å². The number of benzene rings is 1. The monoisotopic (exact) mass is 519 g/mol. The molecule has 1 aromatic carbocycles. The van der Waals surface area contributed by atoms with E-state index in [0.717, 1.165) is 12.1 Å². The summed E-state index contributed by atoms with van der Waals surface area (Å²) in [5, 5.41) is 5.89. The number of anilines is 3. The normalized spacial score (nSPS) is 17.1. The van der Waals surface area contributed by atoms with E-state index >= 15 is 0 Å². The number of nitrogens with zero attached hydrogens (tertiary/aromatic N) is 2. The van der Waals surface area contributed by atoms with Crippen LogP contribution in [-0.2, 0) is 16.0 Å².